The molecule has 5 nitrogen and oxygen atoms in total. The van der Waals surface area contributed by atoms with Crippen LogP contribution in [0.25, 0.3) is 6.08 Å². The summed E-state index contributed by atoms with van der Waals surface area (Å²) in [6.07, 6.45) is 7.46. The monoisotopic (exact) mass is 517 g/mol. The van der Waals surface area contributed by atoms with Gasteiger partial charge in [-0.25, -0.2) is 9.98 Å². The number of rotatable bonds is 6. The van der Waals surface area contributed by atoms with Gasteiger partial charge in [-0.1, -0.05) is 61.2 Å². The van der Waals surface area contributed by atoms with E-state index in [1.807, 2.05) is 84.6 Å². The number of amides is 1. The molecule has 0 atom stereocenters. The SMILES string of the molecule is Cc1cccc(/N=C2/S/C(=C\c3cccc(OCc4ccc(Cl)cc4)c3)C(=O)N2C2CCCCC2)n1. The van der Waals surface area contributed by atoms with Crippen molar-refractivity contribution in [2.24, 2.45) is 4.99 Å². The van der Waals surface area contributed by atoms with E-state index in [1.165, 1.54) is 18.2 Å². The fourth-order valence-corrected chi connectivity index (χ4v) is 5.68. The van der Waals surface area contributed by atoms with Crippen LogP contribution in [0.15, 0.2) is 76.6 Å². The van der Waals surface area contributed by atoms with E-state index in [0.717, 1.165) is 48.3 Å². The number of aliphatic imine (C=N–C) groups is 1. The van der Waals surface area contributed by atoms with Gasteiger partial charge < -0.3 is 4.74 Å². The summed E-state index contributed by atoms with van der Waals surface area (Å²) >= 11 is 7.40. The molecule has 1 saturated heterocycles. The molecular weight excluding hydrogens is 490 g/mol. The van der Waals surface area contributed by atoms with Gasteiger partial charge in [0.15, 0.2) is 11.0 Å². The molecule has 184 valence electrons. The molecule has 2 aromatic carbocycles. The number of benzene rings is 2. The standard InChI is InChI=1S/C29H28ClN3O2S/c1-20-7-5-12-27(31-20)32-29-33(24-9-3-2-4-10-24)28(34)26(36-29)18-22-8-6-11-25(17-22)35-19-21-13-15-23(30)16-14-21/h5-8,11-18,24H,2-4,9-10,19H2,1H3/b26-18-,32-29+. The number of carbonyl (C=O) groups excluding carboxylic acids is 1. The lowest BCUT2D eigenvalue weighted by Gasteiger charge is -2.30. The van der Waals surface area contributed by atoms with Crippen LogP contribution in [0.5, 0.6) is 5.75 Å². The Balaban J connectivity index is 1.38. The normalized spacial score (nSPS) is 18.8. The Morgan fingerprint density at radius 2 is 1.86 bits per heavy atom. The van der Waals surface area contributed by atoms with E-state index >= 15 is 0 Å². The number of carbonyl (C=O) groups is 1. The van der Waals surface area contributed by atoms with Crippen LogP contribution in [0.3, 0.4) is 0 Å². The number of pyridine rings is 1. The molecule has 1 amide bonds. The molecule has 0 bridgehead atoms. The topological polar surface area (TPSA) is 54.8 Å². The molecule has 1 aliphatic carbocycles. The van der Waals surface area contributed by atoms with Crippen LogP contribution >= 0.6 is 23.4 Å². The van der Waals surface area contributed by atoms with E-state index in [0.29, 0.717) is 27.5 Å². The first kappa shape index (κ1) is 24.6. The van der Waals surface area contributed by atoms with Crippen LogP contribution in [0.2, 0.25) is 5.02 Å². The number of amidine groups is 1. The Kier molecular flexibility index (Phi) is 7.73. The van der Waals surface area contributed by atoms with Gasteiger partial charge in [-0.15, -0.1) is 0 Å². The highest BCUT2D eigenvalue weighted by molar-refractivity contribution is 8.18. The minimum atomic E-state index is 0.0192. The lowest BCUT2D eigenvalue weighted by molar-refractivity contribution is -0.124. The van der Waals surface area contributed by atoms with Crippen molar-refractivity contribution < 1.29 is 9.53 Å². The number of hydrogen-bond acceptors (Lipinski definition) is 5. The van der Waals surface area contributed by atoms with Crippen LogP contribution < -0.4 is 4.74 Å². The van der Waals surface area contributed by atoms with Gasteiger partial charge in [0.25, 0.3) is 5.91 Å². The van der Waals surface area contributed by atoms with E-state index in [9.17, 15) is 4.79 Å². The largest absolute Gasteiger partial charge is 0.489 e. The van der Waals surface area contributed by atoms with Gasteiger partial charge in [0.2, 0.25) is 0 Å². The first-order valence-corrected chi connectivity index (χ1v) is 13.5. The summed E-state index contributed by atoms with van der Waals surface area (Å²) in [6.45, 7) is 2.39. The van der Waals surface area contributed by atoms with Crippen molar-refractivity contribution in [3.63, 3.8) is 0 Å². The zero-order valence-electron chi connectivity index (χ0n) is 20.2. The second-order valence-electron chi connectivity index (χ2n) is 9.10. The van der Waals surface area contributed by atoms with Gasteiger partial charge in [-0.2, -0.15) is 0 Å². The maximum Gasteiger partial charge on any atom is 0.267 e. The van der Waals surface area contributed by atoms with Gasteiger partial charge >= 0.3 is 0 Å². The summed E-state index contributed by atoms with van der Waals surface area (Å²) in [7, 11) is 0. The van der Waals surface area contributed by atoms with Gasteiger partial charge in [0.1, 0.15) is 12.4 Å². The lowest BCUT2D eigenvalue weighted by Crippen LogP contribution is -2.40. The highest BCUT2D eigenvalue weighted by Gasteiger charge is 2.38. The van der Waals surface area contributed by atoms with E-state index < -0.39 is 0 Å². The second kappa shape index (κ2) is 11.3. The molecule has 1 aromatic heterocycles. The van der Waals surface area contributed by atoms with Gasteiger partial charge in [0, 0.05) is 16.8 Å². The summed E-state index contributed by atoms with van der Waals surface area (Å²) in [5.41, 5.74) is 2.86. The number of aryl methyl sites for hydroxylation is 1. The molecule has 0 unspecified atom stereocenters. The average Bonchev–Trinajstić information content (AvgIpc) is 3.18. The molecule has 2 heterocycles. The summed E-state index contributed by atoms with van der Waals surface area (Å²) in [5, 5.41) is 1.42. The number of nitrogens with zero attached hydrogens (tertiary/aromatic N) is 3. The first-order valence-electron chi connectivity index (χ1n) is 12.3. The Morgan fingerprint density at radius 3 is 2.64 bits per heavy atom. The van der Waals surface area contributed by atoms with Crippen LogP contribution in [0.4, 0.5) is 5.82 Å². The van der Waals surface area contributed by atoms with E-state index in [4.69, 9.17) is 21.3 Å². The predicted molar refractivity (Wildman–Crippen MR) is 148 cm³/mol. The van der Waals surface area contributed by atoms with Crippen LogP contribution in [-0.4, -0.2) is 27.0 Å². The summed E-state index contributed by atoms with van der Waals surface area (Å²) in [5.74, 6) is 1.40. The lowest BCUT2D eigenvalue weighted by atomic mass is 9.94. The molecule has 2 fully saturated rings. The number of thioether (sulfide) groups is 1. The molecule has 1 saturated carbocycles. The van der Waals surface area contributed by atoms with Crippen LogP contribution in [0, 0.1) is 6.92 Å². The molecule has 7 heteroatoms. The van der Waals surface area contributed by atoms with E-state index in [-0.39, 0.29) is 11.9 Å². The number of ether oxygens (including phenoxy) is 1. The Hall–Kier alpha value is -3.09. The quantitative estimate of drug-likeness (QED) is 0.316. The number of halogens is 1. The molecule has 36 heavy (non-hydrogen) atoms. The maximum absolute atomic E-state index is 13.6. The molecule has 2 aliphatic rings. The summed E-state index contributed by atoms with van der Waals surface area (Å²) in [6, 6.07) is 21.4. The van der Waals surface area contributed by atoms with Crippen molar-refractivity contribution in [3.05, 3.63) is 93.5 Å². The van der Waals surface area contributed by atoms with Gasteiger partial charge in [0.05, 0.1) is 4.91 Å². The van der Waals surface area contributed by atoms with E-state index in [1.54, 1.807) is 0 Å². The minimum absolute atomic E-state index is 0.0192. The first-order chi connectivity index (χ1) is 17.5. The molecule has 1 aliphatic heterocycles. The zero-order valence-corrected chi connectivity index (χ0v) is 21.8. The van der Waals surface area contributed by atoms with Crippen molar-refractivity contribution in [2.75, 3.05) is 0 Å². The molecule has 0 spiro atoms. The van der Waals surface area contributed by atoms with Gasteiger partial charge in [-0.05, 0) is 85.1 Å². The molecule has 5 rings (SSSR count). The van der Waals surface area contributed by atoms with E-state index in [2.05, 4.69) is 4.98 Å². The van der Waals surface area contributed by atoms with Crippen molar-refractivity contribution in [3.8, 4) is 5.75 Å². The average molecular weight is 518 g/mol. The zero-order chi connectivity index (χ0) is 24.9. The highest BCUT2D eigenvalue weighted by atomic mass is 35.5. The molecule has 3 aromatic rings. The molecule has 0 radical (unpaired) electrons. The highest BCUT2D eigenvalue weighted by Crippen LogP contribution is 2.38. The van der Waals surface area contributed by atoms with Crippen LogP contribution in [0.1, 0.15) is 48.9 Å². The maximum atomic E-state index is 13.6. The molecule has 0 N–H and O–H groups in total. The Bertz CT molecular complexity index is 1300. The van der Waals surface area contributed by atoms with Crippen molar-refractivity contribution in [2.45, 2.75) is 51.7 Å². The fourth-order valence-electron chi connectivity index (χ4n) is 4.51. The third-order valence-corrected chi connectivity index (χ3v) is 7.57. The third kappa shape index (κ3) is 6.00. The Morgan fingerprint density at radius 1 is 1.08 bits per heavy atom. The smallest absolute Gasteiger partial charge is 0.267 e. The number of aromatic nitrogens is 1. The molecular formula is C29H28ClN3O2S. The minimum Gasteiger partial charge on any atom is -0.489 e. The Labute approximate surface area is 221 Å². The van der Waals surface area contributed by atoms with Crippen molar-refractivity contribution >= 4 is 46.3 Å². The van der Waals surface area contributed by atoms with Crippen molar-refractivity contribution in [1.82, 2.24) is 9.88 Å². The van der Waals surface area contributed by atoms with Crippen molar-refractivity contribution in [1.29, 1.82) is 0 Å². The second-order valence-corrected chi connectivity index (χ2v) is 10.5. The summed E-state index contributed by atoms with van der Waals surface area (Å²) < 4.78 is 5.99. The fraction of sp³-hybridized carbons (Fsp3) is 0.276. The third-order valence-electron chi connectivity index (χ3n) is 6.34. The van der Waals surface area contributed by atoms with Crippen LogP contribution in [-0.2, 0) is 11.4 Å². The predicted octanol–water partition coefficient (Wildman–Crippen LogP) is 7.56. The van der Waals surface area contributed by atoms with Gasteiger partial charge in [-0.3, -0.25) is 9.69 Å². The summed E-state index contributed by atoms with van der Waals surface area (Å²) in [4.78, 5) is 25.5. The number of hydrogen-bond donors (Lipinski definition) is 0.